The molecule has 0 aliphatic carbocycles. The van der Waals surface area contributed by atoms with E-state index in [2.05, 4.69) is 30.3 Å². The summed E-state index contributed by atoms with van der Waals surface area (Å²) in [6.07, 6.45) is 4.51. The van der Waals surface area contributed by atoms with Crippen LogP contribution < -0.4 is 14.8 Å². The summed E-state index contributed by atoms with van der Waals surface area (Å²) in [7, 11) is 1.62. The van der Waals surface area contributed by atoms with Crippen molar-refractivity contribution in [2.45, 2.75) is 65.0 Å². The molecule has 1 aromatic carbocycles. The lowest BCUT2D eigenvalue weighted by Gasteiger charge is -2.28. The predicted molar refractivity (Wildman–Crippen MR) is 118 cm³/mol. The molecule has 164 valence electrons. The van der Waals surface area contributed by atoms with E-state index in [4.69, 9.17) is 9.47 Å². The molecular formula is C23H34N4O3. The Morgan fingerprint density at radius 1 is 1.40 bits per heavy atom. The van der Waals surface area contributed by atoms with Crippen LogP contribution in [0.25, 0.3) is 0 Å². The van der Waals surface area contributed by atoms with Crippen molar-refractivity contribution in [2.75, 3.05) is 20.3 Å². The van der Waals surface area contributed by atoms with Crippen molar-refractivity contribution in [3.63, 3.8) is 0 Å². The van der Waals surface area contributed by atoms with Gasteiger partial charge in [-0.15, -0.1) is 0 Å². The second-order valence-corrected chi connectivity index (χ2v) is 8.07. The number of carbonyl (C=O) groups excluding carboxylic acids is 1. The van der Waals surface area contributed by atoms with Crippen LogP contribution in [0.5, 0.6) is 11.5 Å². The SMILES string of the molecule is CCC(C#N)(CC)NC(=O)[C@@H]1CCCN1/N=C/c1ccc(OC)c(OCC(C)C)c1. The van der Waals surface area contributed by atoms with Crippen molar-refractivity contribution in [1.29, 1.82) is 5.26 Å². The first kappa shape index (κ1) is 23.5. The highest BCUT2D eigenvalue weighted by atomic mass is 16.5. The lowest BCUT2D eigenvalue weighted by molar-refractivity contribution is -0.126. The van der Waals surface area contributed by atoms with Crippen molar-refractivity contribution in [3.8, 4) is 17.6 Å². The molecule has 1 N–H and O–H groups in total. The molecule has 0 bridgehead atoms. The standard InChI is InChI=1S/C23H34N4O3/c1-6-23(7-2,16-24)26-22(28)19-9-8-12-27(19)25-14-18-10-11-20(29-5)21(13-18)30-15-17(3)4/h10-11,13-14,17,19H,6-9,12,15H2,1-5H3,(H,26,28)/b25-14+/t19-/m0/s1. The molecule has 0 radical (unpaired) electrons. The molecule has 1 atom stereocenters. The van der Waals surface area contributed by atoms with Gasteiger partial charge in [0.1, 0.15) is 11.6 Å². The first-order valence-corrected chi connectivity index (χ1v) is 10.7. The van der Waals surface area contributed by atoms with Gasteiger partial charge in [0.2, 0.25) is 5.91 Å². The topological polar surface area (TPSA) is 87.0 Å². The Morgan fingerprint density at radius 2 is 2.13 bits per heavy atom. The lowest BCUT2D eigenvalue weighted by Crippen LogP contribution is -2.52. The summed E-state index contributed by atoms with van der Waals surface area (Å²) >= 11 is 0. The van der Waals surface area contributed by atoms with Crippen LogP contribution in [0.2, 0.25) is 0 Å². The van der Waals surface area contributed by atoms with Gasteiger partial charge in [-0.1, -0.05) is 27.7 Å². The molecule has 0 aromatic heterocycles. The maximum atomic E-state index is 12.8. The van der Waals surface area contributed by atoms with E-state index in [1.165, 1.54) is 0 Å². The third-order valence-corrected chi connectivity index (χ3v) is 5.43. The number of methoxy groups -OCH3 is 1. The fraction of sp³-hybridized carbons (Fsp3) is 0.609. The predicted octanol–water partition coefficient (Wildman–Crippen LogP) is 3.73. The van der Waals surface area contributed by atoms with Crippen LogP contribution in [-0.4, -0.2) is 49.0 Å². The molecular weight excluding hydrogens is 380 g/mol. The van der Waals surface area contributed by atoms with Crippen LogP contribution in [0.15, 0.2) is 23.3 Å². The summed E-state index contributed by atoms with van der Waals surface area (Å²) in [6.45, 7) is 9.32. The molecule has 1 saturated heterocycles. The molecule has 1 aromatic rings. The van der Waals surface area contributed by atoms with Gasteiger partial charge in [0, 0.05) is 6.54 Å². The average molecular weight is 415 g/mol. The zero-order valence-electron chi connectivity index (χ0n) is 18.8. The Kier molecular flexibility index (Phi) is 8.52. The molecule has 1 aliphatic heterocycles. The summed E-state index contributed by atoms with van der Waals surface area (Å²) in [5.74, 6) is 1.63. The van der Waals surface area contributed by atoms with Crippen LogP contribution in [0.3, 0.4) is 0 Å². The Labute approximate surface area is 180 Å². The number of nitriles is 1. The number of amides is 1. The summed E-state index contributed by atoms with van der Waals surface area (Å²) in [4.78, 5) is 12.8. The van der Waals surface area contributed by atoms with Gasteiger partial charge in [-0.25, -0.2) is 0 Å². The van der Waals surface area contributed by atoms with E-state index in [1.54, 1.807) is 13.3 Å². The highest BCUT2D eigenvalue weighted by Crippen LogP contribution is 2.28. The van der Waals surface area contributed by atoms with E-state index in [9.17, 15) is 10.1 Å². The summed E-state index contributed by atoms with van der Waals surface area (Å²) in [5, 5.41) is 18.8. The van der Waals surface area contributed by atoms with Gasteiger partial charge in [-0.05, 0) is 55.4 Å². The number of hydrogen-bond donors (Lipinski definition) is 1. The molecule has 0 spiro atoms. The van der Waals surface area contributed by atoms with E-state index < -0.39 is 5.54 Å². The smallest absolute Gasteiger partial charge is 0.245 e. The number of hydrazone groups is 1. The van der Waals surface area contributed by atoms with Gasteiger partial charge < -0.3 is 14.8 Å². The van der Waals surface area contributed by atoms with E-state index in [1.807, 2.05) is 37.1 Å². The van der Waals surface area contributed by atoms with Crippen molar-refractivity contribution in [2.24, 2.45) is 11.0 Å². The molecule has 1 heterocycles. The van der Waals surface area contributed by atoms with Crippen molar-refractivity contribution in [1.82, 2.24) is 10.3 Å². The van der Waals surface area contributed by atoms with Gasteiger partial charge in [0.05, 0.1) is 26.0 Å². The molecule has 1 aliphatic rings. The number of benzene rings is 1. The van der Waals surface area contributed by atoms with Crippen molar-refractivity contribution < 1.29 is 14.3 Å². The second-order valence-electron chi connectivity index (χ2n) is 8.07. The van der Waals surface area contributed by atoms with Crippen molar-refractivity contribution in [3.05, 3.63) is 23.8 Å². The van der Waals surface area contributed by atoms with Crippen LogP contribution in [-0.2, 0) is 4.79 Å². The molecule has 0 unspecified atom stereocenters. The maximum Gasteiger partial charge on any atom is 0.245 e. The Bertz CT molecular complexity index is 781. The lowest BCUT2D eigenvalue weighted by atomic mass is 9.94. The first-order valence-electron chi connectivity index (χ1n) is 10.7. The fourth-order valence-electron chi connectivity index (χ4n) is 3.37. The minimum atomic E-state index is -0.812. The quantitative estimate of drug-likeness (QED) is 0.590. The molecule has 0 saturated carbocycles. The number of nitrogens with zero attached hydrogens (tertiary/aromatic N) is 3. The average Bonchev–Trinajstić information content (AvgIpc) is 3.23. The third kappa shape index (κ3) is 5.88. The highest BCUT2D eigenvalue weighted by Gasteiger charge is 2.35. The van der Waals surface area contributed by atoms with Crippen LogP contribution in [0.1, 0.15) is 58.9 Å². The molecule has 7 heteroatoms. The van der Waals surface area contributed by atoms with Crippen LogP contribution in [0, 0.1) is 17.2 Å². The van der Waals surface area contributed by atoms with Crippen LogP contribution >= 0.6 is 0 Å². The Morgan fingerprint density at radius 3 is 2.73 bits per heavy atom. The summed E-state index contributed by atoms with van der Waals surface area (Å²) in [5.41, 5.74) is 0.0577. The molecule has 1 amide bonds. The van der Waals surface area contributed by atoms with Gasteiger partial charge >= 0.3 is 0 Å². The molecule has 2 rings (SSSR count). The molecule has 1 fully saturated rings. The Hall–Kier alpha value is -2.75. The minimum Gasteiger partial charge on any atom is -0.493 e. The van der Waals surface area contributed by atoms with Crippen molar-refractivity contribution >= 4 is 12.1 Å². The zero-order valence-corrected chi connectivity index (χ0v) is 18.8. The molecule has 30 heavy (non-hydrogen) atoms. The minimum absolute atomic E-state index is 0.134. The largest absolute Gasteiger partial charge is 0.493 e. The first-order chi connectivity index (χ1) is 14.4. The number of ether oxygens (including phenoxy) is 2. The Balaban J connectivity index is 2.12. The highest BCUT2D eigenvalue weighted by molar-refractivity contribution is 5.84. The van der Waals surface area contributed by atoms with Gasteiger partial charge in [-0.2, -0.15) is 10.4 Å². The monoisotopic (exact) mass is 414 g/mol. The normalized spacial score (nSPS) is 16.7. The van der Waals surface area contributed by atoms with E-state index in [-0.39, 0.29) is 11.9 Å². The summed E-state index contributed by atoms with van der Waals surface area (Å²) < 4.78 is 11.2. The summed E-state index contributed by atoms with van der Waals surface area (Å²) in [6, 6.07) is 7.56. The zero-order chi connectivity index (χ0) is 22.1. The van der Waals surface area contributed by atoms with Gasteiger partial charge in [0.25, 0.3) is 0 Å². The van der Waals surface area contributed by atoms with E-state index in [0.29, 0.717) is 43.4 Å². The fourth-order valence-corrected chi connectivity index (χ4v) is 3.37. The second kappa shape index (κ2) is 10.9. The van der Waals surface area contributed by atoms with E-state index in [0.717, 1.165) is 18.4 Å². The van der Waals surface area contributed by atoms with E-state index >= 15 is 0 Å². The number of carbonyl (C=O) groups is 1. The number of rotatable bonds is 10. The van der Waals surface area contributed by atoms with Gasteiger partial charge in [0.15, 0.2) is 11.5 Å². The maximum absolute atomic E-state index is 12.8. The number of nitrogens with one attached hydrogen (secondary N) is 1. The van der Waals surface area contributed by atoms with Gasteiger partial charge in [-0.3, -0.25) is 9.80 Å². The third-order valence-electron chi connectivity index (χ3n) is 5.43. The van der Waals surface area contributed by atoms with Crippen LogP contribution in [0.4, 0.5) is 0 Å². The number of hydrogen-bond acceptors (Lipinski definition) is 6. The molecule has 7 nitrogen and oxygen atoms in total.